The fraction of sp³-hybridized carbons (Fsp3) is 0.600. The number of fused-ring (bicyclic) bond motifs is 1. The molecule has 4 nitrogen and oxygen atoms in total. The van der Waals surface area contributed by atoms with E-state index in [1.165, 1.54) is 23.9 Å². The van der Waals surface area contributed by atoms with Gasteiger partial charge in [-0.3, -0.25) is 5.32 Å². The molecule has 0 amide bonds. The lowest BCUT2D eigenvalue weighted by Crippen LogP contribution is -2.47. The number of hydrogen-bond acceptors (Lipinski definition) is 5. The summed E-state index contributed by atoms with van der Waals surface area (Å²) in [4.78, 5) is 1.35. The van der Waals surface area contributed by atoms with Crippen LogP contribution in [0.2, 0.25) is 0 Å². The van der Waals surface area contributed by atoms with E-state index >= 15 is 0 Å². The van der Waals surface area contributed by atoms with E-state index in [1.807, 2.05) is 0 Å². The maximum atomic E-state index is 9.21. The molecule has 1 atom stereocenters. The molecule has 2 rings (SSSR count). The van der Waals surface area contributed by atoms with E-state index in [1.54, 1.807) is 11.3 Å². The van der Waals surface area contributed by atoms with E-state index in [2.05, 4.69) is 17.6 Å². The molecule has 0 saturated heterocycles. The topological polar surface area (TPSA) is 61.7 Å². The first-order valence-corrected chi connectivity index (χ1v) is 6.23. The first-order valence-electron chi connectivity index (χ1n) is 5.35. The van der Waals surface area contributed by atoms with Crippen molar-refractivity contribution in [2.75, 3.05) is 13.2 Å². The third-order valence-electron chi connectivity index (χ3n) is 2.70. The molecule has 1 aliphatic heterocycles. The van der Waals surface area contributed by atoms with Crippen molar-refractivity contribution in [2.45, 2.75) is 25.3 Å². The molecular formula is C10H16BNO3S. The van der Waals surface area contributed by atoms with Gasteiger partial charge in [-0.05, 0) is 23.4 Å². The number of thiophene rings is 1. The standard InChI is InChI=1S/C10H16BNO3S/c1-6-5-16-8-2-3-15-7(9(6)8)4-12-10(11,13)14/h5,7,12-14H,2-4,11H2,1H3. The highest BCUT2D eigenvalue weighted by atomic mass is 32.1. The first kappa shape index (κ1) is 12.1. The van der Waals surface area contributed by atoms with E-state index < -0.39 is 5.81 Å². The van der Waals surface area contributed by atoms with Gasteiger partial charge in [0, 0.05) is 17.8 Å². The first-order chi connectivity index (χ1) is 7.47. The predicted octanol–water partition coefficient (Wildman–Crippen LogP) is -0.511. The Kier molecular flexibility index (Phi) is 3.37. The molecule has 0 spiro atoms. The fourth-order valence-corrected chi connectivity index (χ4v) is 3.02. The lowest BCUT2D eigenvalue weighted by molar-refractivity contribution is -0.118. The summed E-state index contributed by atoms with van der Waals surface area (Å²) in [5.74, 6) is -1.84. The average molecular weight is 241 g/mol. The van der Waals surface area contributed by atoms with Crippen LogP contribution in [-0.2, 0) is 11.2 Å². The van der Waals surface area contributed by atoms with Crippen molar-refractivity contribution < 1.29 is 14.9 Å². The van der Waals surface area contributed by atoms with Crippen molar-refractivity contribution in [3.8, 4) is 0 Å². The summed E-state index contributed by atoms with van der Waals surface area (Å²) >= 11 is 1.76. The molecule has 6 heteroatoms. The summed E-state index contributed by atoms with van der Waals surface area (Å²) in [6.45, 7) is 3.18. The zero-order valence-electron chi connectivity index (χ0n) is 9.49. The van der Waals surface area contributed by atoms with Crippen LogP contribution >= 0.6 is 11.3 Å². The molecule has 1 unspecified atom stereocenters. The Morgan fingerprint density at radius 2 is 2.44 bits per heavy atom. The van der Waals surface area contributed by atoms with E-state index in [9.17, 15) is 10.2 Å². The van der Waals surface area contributed by atoms with Gasteiger partial charge in [-0.15, -0.1) is 11.3 Å². The normalized spacial score (nSPS) is 20.8. The quantitative estimate of drug-likeness (QED) is 0.492. The molecule has 0 saturated carbocycles. The van der Waals surface area contributed by atoms with Gasteiger partial charge in [0.15, 0.2) is 13.7 Å². The minimum absolute atomic E-state index is 0.0753. The Labute approximate surface area is 99.7 Å². The average Bonchev–Trinajstić information content (AvgIpc) is 2.57. The van der Waals surface area contributed by atoms with Gasteiger partial charge in [0.05, 0.1) is 12.7 Å². The van der Waals surface area contributed by atoms with Crippen molar-refractivity contribution in [3.05, 3.63) is 21.4 Å². The second kappa shape index (κ2) is 4.47. The molecule has 2 heterocycles. The Balaban J connectivity index is 2.10. The van der Waals surface area contributed by atoms with Gasteiger partial charge in [0.1, 0.15) is 0 Å². The van der Waals surface area contributed by atoms with E-state index in [0.29, 0.717) is 13.2 Å². The predicted molar refractivity (Wildman–Crippen MR) is 65.2 cm³/mol. The maximum absolute atomic E-state index is 9.21. The van der Waals surface area contributed by atoms with Crippen LogP contribution in [0.1, 0.15) is 22.1 Å². The van der Waals surface area contributed by atoms with Gasteiger partial charge in [-0.25, -0.2) is 0 Å². The summed E-state index contributed by atoms with van der Waals surface area (Å²) in [7, 11) is 1.30. The third-order valence-corrected chi connectivity index (χ3v) is 3.88. The van der Waals surface area contributed by atoms with Gasteiger partial charge < -0.3 is 14.9 Å². The molecule has 0 radical (unpaired) electrons. The summed E-state index contributed by atoms with van der Waals surface area (Å²) < 4.78 is 5.66. The van der Waals surface area contributed by atoms with Crippen LogP contribution in [-0.4, -0.2) is 37.0 Å². The fourth-order valence-electron chi connectivity index (χ4n) is 1.96. The smallest absolute Gasteiger partial charge is 0.199 e. The number of rotatable bonds is 3. The number of hydrogen-bond donors (Lipinski definition) is 3. The Bertz CT molecular complexity index is 375. The molecule has 1 aromatic heterocycles. The van der Waals surface area contributed by atoms with Crippen LogP contribution in [0, 0.1) is 6.92 Å². The highest BCUT2D eigenvalue weighted by Gasteiger charge is 2.26. The SMILES string of the molecule is BC(O)(O)NCC1OCCc2scc(C)c21. The number of nitrogens with one attached hydrogen (secondary N) is 1. The minimum atomic E-state index is -1.84. The van der Waals surface area contributed by atoms with Gasteiger partial charge in [-0.2, -0.15) is 0 Å². The van der Waals surface area contributed by atoms with Crippen LogP contribution in [0.4, 0.5) is 0 Å². The number of aryl methyl sites for hydroxylation is 1. The third kappa shape index (κ3) is 2.64. The summed E-state index contributed by atoms with van der Waals surface area (Å²) in [5, 5.41) is 23.2. The van der Waals surface area contributed by atoms with Gasteiger partial charge >= 0.3 is 0 Å². The molecule has 0 bridgehead atoms. The van der Waals surface area contributed by atoms with Crippen LogP contribution in [0.25, 0.3) is 0 Å². The van der Waals surface area contributed by atoms with Crippen LogP contribution in [0.3, 0.4) is 0 Å². The molecule has 1 aromatic rings. The van der Waals surface area contributed by atoms with E-state index in [0.717, 1.165) is 6.42 Å². The van der Waals surface area contributed by atoms with E-state index in [-0.39, 0.29) is 6.10 Å². The summed E-state index contributed by atoms with van der Waals surface area (Å²) in [6, 6.07) is 0. The molecule has 1 aliphatic rings. The second-order valence-electron chi connectivity index (χ2n) is 4.27. The van der Waals surface area contributed by atoms with Crippen LogP contribution < -0.4 is 5.32 Å². The molecule has 3 N–H and O–H groups in total. The molecular weight excluding hydrogens is 225 g/mol. The summed E-state index contributed by atoms with van der Waals surface area (Å²) in [5.41, 5.74) is 2.44. The van der Waals surface area contributed by atoms with Crippen molar-refractivity contribution in [2.24, 2.45) is 0 Å². The molecule has 16 heavy (non-hydrogen) atoms. The number of aliphatic hydroxyl groups is 2. The maximum Gasteiger partial charge on any atom is 0.199 e. The lowest BCUT2D eigenvalue weighted by Gasteiger charge is -2.27. The van der Waals surface area contributed by atoms with Gasteiger partial charge in [0.25, 0.3) is 0 Å². The second-order valence-corrected chi connectivity index (χ2v) is 5.23. The number of ether oxygens (including phenoxy) is 1. The highest BCUT2D eigenvalue weighted by Crippen LogP contribution is 2.34. The minimum Gasteiger partial charge on any atom is -0.372 e. The lowest BCUT2D eigenvalue weighted by atomic mass is 10.00. The zero-order valence-corrected chi connectivity index (χ0v) is 10.3. The van der Waals surface area contributed by atoms with Crippen molar-refractivity contribution in [3.63, 3.8) is 0 Å². The molecule has 0 fully saturated rings. The Morgan fingerprint density at radius 1 is 1.69 bits per heavy atom. The highest BCUT2D eigenvalue weighted by molar-refractivity contribution is 7.10. The van der Waals surface area contributed by atoms with Crippen molar-refractivity contribution in [1.29, 1.82) is 0 Å². The van der Waals surface area contributed by atoms with Crippen LogP contribution in [0.15, 0.2) is 5.38 Å². The zero-order chi connectivity index (χ0) is 11.8. The molecule has 0 aromatic carbocycles. The van der Waals surface area contributed by atoms with Crippen molar-refractivity contribution >= 4 is 19.2 Å². The Morgan fingerprint density at radius 3 is 3.12 bits per heavy atom. The largest absolute Gasteiger partial charge is 0.372 e. The Hall–Kier alpha value is -0.395. The summed E-state index contributed by atoms with van der Waals surface area (Å²) in [6.07, 6.45) is 0.883. The van der Waals surface area contributed by atoms with Gasteiger partial charge in [-0.1, -0.05) is 0 Å². The molecule has 0 aliphatic carbocycles. The van der Waals surface area contributed by atoms with Gasteiger partial charge in [0.2, 0.25) is 0 Å². The monoisotopic (exact) mass is 241 g/mol. The van der Waals surface area contributed by atoms with Crippen LogP contribution in [0.5, 0.6) is 0 Å². The van der Waals surface area contributed by atoms with Crippen molar-refractivity contribution in [1.82, 2.24) is 5.32 Å². The molecule has 88 valence electrons. The van der Waals surface area contributed by atoms with E-state index in [4.69, 9.17) is 4.74 Å².